The van der Waals surface area contributed by atoms with Crippen LogP contribution in [0.3, 0.4) is 0 Å². The van der Waals surface area contributed by atoms with Crippen LogP contribution in [0.5, 0.6) is 11.5 Å². The lowest BCUT2D eigenvalue weighted by Crippen LogP contribution is -1.99. The molecule has 0 aliphatic rings. The van der Waals surface area contributed by atoms with Crippen molar-refractivity contribution < 1.29 is 19.7 Å². The zero-order valence-electron chi connectivity index (χ0n) is 6.74. The van der Waals surface area contributed by atoms with Crippen LogP contribution < -0.4 is 4.74 Å². The first-order valence-corrected chi connectivity index (χ1v) is 4.16. The minimum atomic E-state index is -1.21. The van der Waals surface area contributed by atoms with Gasteiger partial charge in [0.15, 0.2) is 11.5 Å². The summed E-state index contributed by atoms with van der Waals surface area (Å²) in [5, 5.41) is 18.1. The summed E-state index contributed by atoms with van der Waals surface area (Å²) < 4.78 is 5.07. The molecule has 0 aliphatic carbocycles. The SMILES string of the molecule is COc1ccc(Br)c(C(=O)O)c1O. The van der Waals surface area contributed by atoms with E-state index in [-0.39, 0.29) is 17.1 Å². The van der Waals surface area contributed by atoms with Crippen LogP contribution in [-0.4, -0.2) is 23.3 Å². The monoisotopic (exact) mass is 246 g/mol. The maximum absolute atomic E-state index is 10.7. The number of carboxylic acids is 1. The second-order valence-corrected chi connectivity index (χ2v) is 3.13. The average molecular weight is 247 g/mol. The van der Waals surface area contributed by atoms with Gasteiger partial charge in [-0.25, -0.2) is 4.79 Å². The molecule has 1 rings (SSSR count). The largest absolute Gasteiger partial charge is 0.504 e. The van der Waals surface area contributed by atoms with Crippen molar-refractivity contribution in [2.75, 3.05) is 7.11 Å². The number of benzene rings is 1. The number of aromatic carboxylic acids is 1. The predicted octanol–water partition coefficient (Wildman–Crippen LogP) is 1.86. The molecular weight excluding hydrogens is 240 g/mol. The number of hydrogen-bond acceptors (Lipinski definition) is 3. The van der Waals surface area contributed by atoms with E-state index in [1.165, 1.54) is 19.2 Å². The third-order valence-corrected chi connectivity index (χ3v) is 2.18. The molecule has 0 heterocycles. The van der Waals surface area contributed by atoms with Gasteiger partial charge >= 0.3 is 5.97 Å². The lowest BCUT2D eigenvalue weighted by atomic mass is 10.2. The number of rotatable bonds is 2. The van der Waals surface area contributed by atoms with Crippen LogP contribution in [-0.2, 0) is 0 Å². The smallest absolute Gasteiger partial charge is 0.340 e. The summed E-state index contributed by atoms with van der Waals surface area (Å²) in [7, 11) is 1.36. The van der Waals surface area contributed by atoms with Gasteiger partial charge in [-0.2, -0.15) is 0 Å². The summed E-state index contributed by atoms with van der Waals surface area (Å²) in [6, 6.07) is 2.98. The summed E-state index contributed by atoms with van der Waals surface area (Å²) in [5.41, 5.74) is -0.195. The quantitative estimate of drug-likeness (QED) is 0.836. The number of carboxylic acid groups (broad SMARTS) is 1. The third kappa shape index (κ3) is 1.75. The zero-order chi connectivity index (χ0) is 10.0. The summed E-state index contributed by atoms with van der Waals surface area (Å²) in [6.45, 7) is 0. The van der Waals surface area contributed by atoms with E-state index in [1.54, 1.807) is 0 Å². The molecule has 0 unspecified atom stereocenters. The topological polar surface area (TPSA) is 66.8 Å². The number of halogens is 1. The number of hydrogen-bond donors (Lipinski definition) is 2. The van der Waals surface area contributed by atoms with Gasteiger partial charge in [-0.15, -0.1) is 0 Å². The van der Waals surface area contributed by atoms with Crippen LogP contribution in [0.2, 0.25) is 0 Å². The Kier molecular flexibility index (Phi) is 2.77. The van der Waals surface area contributed by atoms with Crippen molar-refractivity contribution in [1.29, 1.82) is 0 Å². The molecule has 4 nitrogen and oxygen atoms in total. The predicted molar refractivity (Wildman–Crippen MR) is 49.3 cm³/mol. The Balaban J connectivity index is 3.38. The summed E-state index contributed by atoms with van der Waals surface area (Å²) in [5.74, 6) is -1.44. The molecular formula is C8H7BrO4. The highest BCUT2D eigenvalue weighted by Gasteiger charge is 2.17. The van der Waals surface area contributed by atoms with E-state index >= 15 is 0 Å². The highest BCUT2D eigenvalue weighted by molar-refractivity contribution is 9.10. The van der Waals surface area contributed by atoms with Crippen molar-refractivity contribution in [3.63, 3.8) is 0 Å². The van der Waals surface area contributed by atoms with E-state index in [2.05, 4.69) is 15.9 Å². The van der Waals surface area contributed by atoms with E-state index in [1.807, 2.05) is 0 Å². The molecule has 1 aromatic rings. The normalized spacial score (nSPS) is 9.69. The molecule has 1 aromatic carbocycles. The van der Waals surface area contributed by atoms with Gasteiger partial charge in [0.25, 0.3) is 0 Å². The maximum atomic E-state index is 10.7. The van der Waals surface area contributed by atoms with E-state index in [0.29, 0.717) is 4.47 Å². The van der Waals surface area contributed by atoms with Crippen molar-refractivity contribution in [3.8, 4) is 11.5 Å². The van der Waals surface area contributed by atoms with Gasteiger partial charge in [-0.05, 0) is 28.1 Å². The fraction of sp³-hybridized carbons (Fsp3) is 0.125. The first kappa shape index (κ1) is 9.85. The molecule has 0 atom stereocenters. The molecule has 0 spiro atoms. The molecule has 0 radical (unpaired) electrons. The molecule has 0 bridgehead atoms. The lowest BCUT2D eigenvalue weighted by Gasteiger charge is -2.06. The Morgan fingerprint density at radius 3 is 2.62 bits per heavy atom. The second kappa shape index (κ2) is 3.66. The first-order chi connectivity index (χ1) is 6.07. The number of ether oxygens (including phenoxy) is 1. The number of carbonyl (C=O) groups is 1. The van der Waals surface area contributed by atoms with Gasteiger partial charge in [0.05, 0.1) is 7.11 Å². The van der Waals surface area contributed by atoms with E-state index < -0.39 is 5.97 Å². The van der Waals surface area contributed by atoms with Crippen LogP contribution in [0, 0.1) is 0 Å². The molecule has 2 N–H and O–H groups in total. The maximum Gasteiger partial charge on any atom is 0.340 e. The van der Waals surface area contributed by atoms with E-state index in [4.69, 9.17) is 9.84 Å². The van der Waals surface area contributed by atoms with Gasteiger partial charge in [-0.3, -0.25) is 0 Å². The van der Waals surface area contributed by atoms with Crippen LogP contribution >= 0.6 is 15.9 Å². The Hall–Kier alpha value is -1.23. The standard InChI is InChI=1S/C8H7BrO4/c1-13-5-3-2-4(9)6(7(5)10)8(11)12/h2-3,10H,1H3,(H,11,12). The Bertz CT molecular complexity index is 348. The van der Waals surface area contributed by atoms with Gasteiger partial charge < -0.3 is 14.9 Å². The minimum absolute atomic E-state index is 0.139. The van der Waals surface area contributed by atoms with E-state index in [9.17, 15) is 9.90 Å². The molecule has 0 aliphatic heterocycles. The van der Waals surface area contributed by atoms with Crippen molar-refractivity contribution in [1.82, 2.24) is 0 Å². The third-order valence-electron chi connectivity index (χ3n) is 1.52. The van der Waals surface area contributed by atoms with Crippen LogP contribution in [0.25, 0.3) is 0 Å². The van der Waals surface area contributed by atoms with Crippen molar-refractivity contribution in [2.24, 2.45) is 0 Å². The molecule has 0 aromatic heterocycles. The van der Waals surface area contributed by atoms with Gasteiger partial charge in [0.2, 0.25) is 0 Å². The van der Waals surface area contributed by atoms with Crippen LogP contribution in [0.1, 0.15) is 10.4 Å². The molecule has 13 heavy (non-hydrogen) atoms. The van der Waals surface area contributed by atoms with Gasteiger partial charge in [0.1, 0.15) is 5.56 Å². The number of aromatic hydroxyl groups is 1. The fourth-order valence-electron chi connectivity index (χ4n) is 0.916. The average Bonchev–Trinajstić information content (AvgIpc) is 2.04. The second-order valence-electron chi connectivity index (χ2n) is 2.28. The Morgan fingerprint density at radius 2 is 2.15 bits per heavy atom. The minimum Gasteiger partial charge on any atom is -0.504 e. The Labute approximate surface area is 82.9 Å². The van der Waals surface area contributed by atoms with Gasteiger partial charge in [-0.1, -0.05) is 0 Å². The number of methoxy groups -OCH3 is 1. The Morgan fingerprint density at radius 1 is 1.54 bits per heavy atom. The fourth-order valence-corrected chi connectivity index (χ4v) is 1.41. The highest BCUT2D eigenvalue weighted by Crippen LogP contribution is 2.34. The van der Waals surface area contributed by atoms with Crippen LogP contribution in [0.4, 0.5) is 0 Å². The molecule has 0 amide bonds. The molecule has 5 heteroatoms. The summed E-state index contributed by atoms with van der Waals surface area (Å²) in [6.07, 6.45) is 0. The van der Waals surface area contributed by atoms with Crippen molar-refractivity contribution in [2.45, 2.75) is 0 Å². The summed E-state index contributed by atoms with van der Waals surface area (Å²) in [4.78, 5) is 10.7. The van der Waals surface area contributed by atoms with Gasteiger partial charge in [0, 0.05) is 4.47 Å². The van der Waals surface area contributed by atoms with Crippen molar-refractivity contribution in [3.05, 3.63) is 22.2 Å². The molecule has 70 valence electrons. The molecule has 0 fully saturated rings. The van der Waals surface area contributed by atoms with E-state index in [0.717, 1.165) is 0 Å². The summed E-state index contributed by atoms with van der Waals surface area (Å²) >= 11 is 3.01. The number of phenols is 1. The molecule has 0 saturated carbocycles. The zero-order valence-corrected chi connectivity index (χ0v) is 8.33. The van der Waals surface area contributed by atoms with Crippen molar-refractivity contribution >= 4 is 21.9 Å². The molecule has 0 saturated heterocycles. The first-order valence-electron chi connectivity index (χ1n) is 3.36. The van der Waals surface area contributed by atoms with Crippen LogP contribution in [0.15, 0.2) is 16.6 Å². The highest BCUT2D eigenvalue weighted by atomic mass is 79.9. The lowest BCUT2D eigenvalue weighted by molar-refractivity contribution is 0.0692.